The van der Waals surface area contributed by atoms with Gasteiger partial charge in [0, 0.05) is 37.2 Å². The molecule has 0 bridgehead atoms. The van der Waals surface area contributed by atoms with Gasteiger partial charge in [0.2, 0.25) is 5.91 Å². The fraction of sp³-hybridized carbons (Fsp3) is 0.765. The van der Waals surface area contributed by atoms with Crippen LogP contribution < -0.4 is 5.32 Å². The van der Waals surface area contributed by atoms with Crippen LogP contribution in [0.4, 0.5) is 0 Å². The smallest absolute Gasteiger partial charge is 0.224 e. The summed E-state index contributed by atoms with van der Waals surface area (Å²) < 4.78 is 5.22. The topological polar surface area (TPSA) is 58.4 Å². The number of rotatable bonds is 5. The number of aromatic nitrogens is 1. The summed E-state index contributed by atoms with van der Waals surface area (Å²) in [6, 6.07) is 0.276. The van der Waals surface area contributed by atoms with Gasteiger partial charge in [-0.15, -0.1) is 0 Å². The zero-order valence-electron chi connectivity index (χ0n) is 14.3. The average Bonchev–Trinajstić information content (AvgIpc) is 2.68. The predicted octanol–water partition coefficient (Wildman–Crippen LogP) is 3.12. The van der Waals surface area contributed by atoms with Crippen LogP contribution in [-0.2, 0) is 4.79 Å². The second-order valence-electron chi connectivity index (χ2n) is 6.53. The van der Waals surface area contributed by atoms with Gasteiger partial charge >= 0.3 is 0 Å². The normalized spacial score (nSPS) is 18.8. The van der Waals surface area contributed by atoms with Gasteiger partial charge in [-0.3, -0.25) is 4.79 Å². The van der Waals surface area contributed by atoms with Crippen LogP contribution in [0.3, 0.4) is 0 Å². The van der Waals surface area contributed by atoms with E-state index in [-0.39, 0.29) is 18.0 Å². The number of nitrogens with one attached hydrogen (secondary N) is 1. The molecule has 0 radical (unpaired) electrons. The highest BCUT2D eigenvalue weighted by molar-refractivity contribution is 5.76. The maximum atomic E-state index is 12.4. The Kier molecular flexibility index (Phi) is 6.00. The van der Waals surface area contributed by atoms with Crippen molar-refractivity contribution >= 4 is 5.91 Å². The molecule has 1 saturated heterocycles. The van der Waals surface area contributed by atoms with Crippen molar-refractivity contribution < 1.29 is 9.32 Å². The Labute approximate surface area is 133 Å². The molecule has 0 unspecified atom stereocenters. The average molecular weight is 307 g/mol. The van der Waals surface area contributed by atoms with Gasteiger partial charge in [-0.25, -0.2) is 0 Å². The van der Waals surface area contributed by atoms with Crippen molar-refractivity contribution in [2.75, 3.05) is 13.1 Å². The lowest BCUT2D eigenvalue weighted by Gasteiger charge is -2.24. The Hall–Kier alpha value is -1.36. The molecule has 2 atom stereocenters. The third-order valence-electron chi connectivity index (χ3n) is 4.50. The Bertz CT molecular complexity index is 471. The third kappa shape index (κ3) is 4.32. The highest BCUT2D eigenvalue weighted by atomic mass is 16.5. The second-order valence-corrected chi connectivity index (χ2v) is 6.53. The maximum absolute atomic E-state index is 12.4. The number of carbonyl (C=O) groups is 1. The molecule has 1 fully saturated rings. The molecule has 0 aliphatic carbocycles. The SMILES string of the molecule is Cc1noc(C)c1[C@H](C)N[C@@H](C)CC(=O)N1CCCCCC1. The van der Waals surface area contributed by atoms with E-state index in [1.165, 1.54) is 12.8 Å². The van der Waals surface area contributed by atoms with Crippen molar-refractivity contribution in [3.8, 4) is 0 Å². The highest BCUT2D eigenvalue weighted by Crippen LogP contribution is 2.21. The van der Waals surface area contributed by atoms with E-state index in [1.54, 1.807) is 0 Å². The summed E-state index contributed by atoms with van der Waals surface area (Å²) in [4.78, 5) is 14.5. The Morgan fingerprint density at radius 2 is 1.86 bits per heavy atom. The van der Waals surface area contributed by atoms with Gasteiger partial charge in [0.05, 0.1) is 5.69 Å². The number of hydrogen-bond donors (Lipinski definition) is 1. The van der Waals surface area contributed by atoms with Crippen molar-refractivity contribution in [2.45, 2.75) is 71.9 Å². The first kappa shape index (κ1) is 17.0. The summed E-state index contributed by atoms with van der Waals surface area (Å²) in [5.41, 5.74) is 2.03. The van der Waals surface area contributed by atoms with Crippen LogP contribution in [0, 0.1) is 13.8 Å². The minimum absolute atomic E-state index is 0.137. The van der Waals surface area contributed by atoms with Crippen LogP contribution in [-0.4, -0.2) is 35.1 Å². The van der Waals surface area contributed by atoms with Crippen molar-refractivity contribution in [1.29, 1.82) is 0 Å². The molecule has 0 saturated carbocycles. The quantitative estimate of drug-likeness (QED) is 0.908. The first-order chi connectivity index (χ1) is 10.5. The lowest BCUT2D eigenvalue weighted by molar-refractivity contribution is -0.131. The summed E-state index contributed by atoms with van der Waals surface area (Å²) >= 11 is 0. The molecule has 1 aromatic rings. The summed E-state index contributed by atoms with van der Waals surface area (Å²) in [6.07, 6.45) is 5.33. The number of aryl methyl sites for hydroxylation is 2. The lowest BCUT2D eigenvalue weighted by Crippen LogP contribution is -2.38. The van der Waals surface area contributed by atoms with Gasteiger partial charge in [-0.05, 0) is 40.5 Å². The summed E-state index contributed by atoms with van der Waals surface area (Å²) in [5, 5.41) is 7.50. The van der Waals surface area contributed by atoms with Gasteiger partial charge < -0.3 is 14.7 Å². The molecule has 22 heavy (non-hydrogen) atoms. The van der Waals surface area contributed by atoms with Gasteiger partial charge in [0.15, 0.2) is 0 Å². The first-order valence-corrected chi connectivity index (χ1v) is 8.45. The molecule has 0 spiro atoms. The van der Waals surface area contributed by atoms with E-state index in [0.717, 1.165) is 42.9 Å². The fourth-order valence-electron chi connectivity index (χ4n) is 3.39. The highest BCUT2D eigenvalue weighted by Gasteiger charge is 2.21. The fourth-order valence-corrected chi connectivity index (χ4v) is 3.39. The van der Waals surface area contributed by atoms with Crippen LogP contribution in [0.1, 0.15) is 69.0 Å². The van der Waals surface area contributed by atoms with Crippen LogP contribution in [0.5, 0.6) is 0 Å². The summed E-state index contributed by atoms with van der Waals surface area (Å²) in [5.74, 6) is 1.12. The molecule has 1 aromatic heterocycles. The zero-order chi connectivity index (χ0) is 16.1. The molecular formula is C17H29N3O2. The van der Waals surface area contributed by atoms with Crippen LogP contribution >= 0.6 is 0 Å². The van der Waals surface area contributed by atoms with Crippen molar-refractivity contribution in [3.05, 3.63) is 17.0 Å². The van der Waals surface area contributed by atoms with Crippen LogP contribution in [0.15, 0.2) is 4.52 Å². The number of amides is 1. The first-order valence-electron chi connectivity index (χ1n) is 8.45. The molecule has 5 heteroatoms. The minimum Gasteiger partial charge on any atom is -0.361 e. The van der Waals surface area contributed by atoms with Crippen molar-refractivity contribution in [3.63, 3.8) is 0 Å². The molecule has 2 heterocycles. The Morgan fingerprint density at radius 3 is 2.41 bits per heavy atom. The lowest BCUT2D eigenvalue weighted by atomic mass is 10.1. The molecule has 1 aliphatic heterocycles. The minimum atomic E-state index is 0.137. The number of hydrogen-bond acceptors (Lipinski definition) is 4. The molecule has 124 valence electrons. The predicted molar refractivity (Wildman–Crippen MR) is 86.7 cm³/mol. The number of likely N-dealkylation sites (tertiary alicyclic amines) is 1. The van der Waals surface area contributed by atoms with Crippen LogP contribution in [0.25, 0.3) is 0 Å². The standard InChI is InChI=1S/C17H29N3O2/c1-12(11-16(21)20-9-7-5-6-8-10-20)18-13(2)17-14(3)19-22-15(17)4/h12-13,18H,5-11H2,1-4H3/t12-,13-/m0/s1. The number of carbonyl (C=O) groups excluding carboxylic acids is 1. The van der Waals surface area contributed by atoms with E-state index < -0.39 is 0 Å². The zero-order valence-corrected chi connectivity index (χ0v) is 14.3. The molecule has 1 amide bonds. The van der Waals surface area contributed by atoms with E-state index in [2.05, 4.69) is 24.3 Å². The Balaban J connectivity index is 1.86. The molecular weight excluding hydrogens is 278 g/mol. The molecule has 2 rings (SSSR count). The van der Waals surface area contributed by atoms with E-state index in [4.69, 9.17) is 4.52 Å². The number of nitrogens with zero attached hydrogens (tertiary/aromatic N) is 2. The van der Waals surface area contributed by atoms with Crippen LogP contribution in [0.2, 0.25) is 0 Å². The summed E-state index contributed by atoms with van der Waals surface area (Å²) in [6.45, 7) is 9.90. The third-order valence-corrected chi connectivity index (χ3v) is 4.50. The van der Waals surface area contributed by atoms with Gasteiger partial charge in [0.1, 0.15) is 5.76 Å². The van der Waals surface area contributed by atoms with Gasteiger partial charge in [-0.1, -0.05) is 18.0 Å². The largest absolute Gasteiger partial charge is 0.361 e. The van der Waals surface area contributed by atoms with Gasteiger partial charge in [0.25, 0.3) is 0 Å². The summed E-state index contributed by atoms with van der Waals surface area (Å²) in [7, 11) is 0. The maximum Gasteiger partial charge on any atom is 0.224 e. The molecule has 1 N–H and O–H groups in total. The van der Waals surface area contributed by atoms with E-state index in [9.17, 15) is 4.79 Å². The molecule has 1 aliphatic rings. The van der Waals surface area contributed by atoms with Crippen molar-refractivity contribution in [2.24, 2.45) is 0 Å². The molecule has 0 aromatic carbocycles. The van der Waals surface area contributed by atoms with Crippen molar-refractivity contribution in [1.82, 2.24) is 15.4 Å². The van der Waals surface area contributed by atoms with Gasteiger partial charge in [-0.2, -0.15) is 0 Å². The monoisotopic (exact) mass is 307 g/mol. The Morgan fingerprint density at radius 1 is 1.23 bits per heavy atom. The molecule has 5 nitrogen and oxygen atoms in total. The van der Waals surface area contributed by atoms with E-state index in [0.29, 0.717) is 6.42 Å². The van der Waals surface area contributed by atoms with E-state index in [1.807, 2.05) is 18.7 Å². The van der Waals surface area contributed by atoms with E-state index >= 15 is 0 Å². The second kappa shape index (κ2) is 7.77.